The number of nitro benzene ring substituents is 1. The molecule has 2 N–H and O–H groups in total. The van der Waals surface area contributed by atoms with Gasteiger partial charge in [-0.1, -0.05) is 0 Å². The lowest BCUT2D eigenvalue weighted by Gasteiger charge is -2.08. The fraction of sp³-hybridized carbons (Fsp3) is 0.308. The number of rotatable bonds is 2. The smallest absolute Gasteiger partial charge is 0.269 e. The van der Waals surface area contributed by atoms with E-state index in [9.17, 15) is 10.1 Å². The second kappa shape index (κ2) is 4.08. The summed E-state index contributed by atoms with van der Waals surface area (Å²) in [6.07, 6.45) is 3.01. The molecule has 6 heteroatoms. The van der Waals surface area contributed by atoms with E-state index in [1.54, 1.807) is 12.1 Å². The van der Waals surface area contributed by atoms with Gasteiger partial charge in [0.2, 0.25) is 0 Å². The number of aryl methyl sites for hydroxylation is 1. The van der Waals surface area contributed by atoms with Crippen molar-refractivity contribution in [3.05, 3.63) is 45.1 Å². The second-order valence-corrected chi connectivity index (χ2v) is 4.80. The molecule has 0 unspecified atom stereocenters. The third-order valence-corrected chi connectivity index (χ3v) is 3.58. The third-order valence-electron chi connectivity index (χ3n) is 3.58. The highest BCUT2D eigenvalue weighted by molar-refractivity contribution is 5.53. The number of benzene rings is 1. The molecule has 3 rings (SSSR count). The standard InChI is InChI=1S/C13H14N4O2/c1-8-7-9(17(18)19)5-6-11(8)16-12-4-2-3-10(12)13(14)15-16/h5-7H,2-4H2,1H3,(H2,14,15). The van der Waals surface area contributed by atoms with Gasteiger partial charge in [0, 0.05) is 23.4 Å². The molecule has 0 radical (unpaired) electrons. The number of aromatic nitrogens is 2. The summed E-state index contributed by atoms with van der Waals surface area (Å²) in [5.41, 5.74) is 9.96. The van der Waals surface area contributed by atoms with Crippen molar-refractivity contribution >= 4 is 11.5 Å². The number of non-ortho nitro benzene ring substituents is 1. The van der Waals surface area contributed by atoms with Gasteiger partial charge in [-0.05, 0) is 37.8 Å². The van der Waals surface area contributed by atoms with E-state index in [0.29, 0.717) is 5.82 Å². The maximum atomic E-state index is 10.8. The van der Waals surface area contributed by atoms with Crippen LogP contribution in [-0.2, 0) is 12.8 Å². The van der Waals surface area contributed by atoms with E-state index >= 15 is 0 Å². The molecular formula is C13H14N4O2. The molecule has 0 spiro atoms. The average Bonchev–Trinajstić information content (AvgIpc) is 2.94. The van der Waals surface area contributed by atoms with E-state index in [1.807, 2.05) is 11.6 Å². The Bertz CT molecular complexity index is 676. The van der Waals surface area contributed by atoms with Crippen LogP contribution in [0, 0.1) is 17.0 Å². The van der Waals surface area contributed by atoms with Crippen molar-refractivity contribution in [3.8, 4) is 5.69 Å². The van der Waals surface area contributed by atoms with Gasteiger partial charge >= 0.3 is 0 Å². The summed E-state index contributed by atoms with van der Waals surface area (Å²) in [7, 11) is 0. The zero-order valence-corrected chi connectivity index (χ0v) is 10.6. The Morgan fingerprint density at radius 1 is 1.42 bits per heavy atom. The first-order valence-corrected chi connectivity index (χ1v) is 6.19. The first kappa shape index (κ1) is 11.7. The fourth-order valence-electron chi connectivity index (χ4n) is 2.66. The summed E-state index contributed by atoms with van der Waals surface area (Å²) in [4.78, 5) is 10.4. The Kier molecular flexibility index (Phi) is 2.51. The highest BCUT2D eigenvalue weighted by Gasteiger charge is 2.22. The molecule has 0 bridgehead atoms. The average molecular weight is 258 g/mol. The van der Waals surface area contributed by atoms with E-state index in [0.717, 1.165) is 41.8 Å². The molecule has 1 heterocycles. The first-order valence-electron chi connectivity index (χ1n) is 6.19. The molecule has 1 aromatic heterocycles. The van der Waals surface area contributed by atoms with Gasteiger partial charge in [-0.3, -0.25) is 10.1 Å². The van der Waals surface area contributed by atoms with Crippen LogP contribution in [0.1, 0.15) is 23.2 Å². The monoisotopic (exact) mass is 258 g/mol. The van der Waals surface area contributed by atoms with Crippen LogP contribution in [0.5, 0.6) is 0 Å². The van der Waals surface area contributed by atoms with Gasteiger partial charge < -0.3 is 5.73 Å². The molecule has 1 aliphatic rings. The first-order chi connectivity index (χ1) is 9.08. The zero-order chi connectivity index (χ0) is 13.6. The second-order valence-electron chi connectivity index (χ2n) is 4.80. The lowest BCUT2D eigenvalue weighted by atomic mass is 10.1. The lowest BCUT2D eigenvalue weighted by Crippen LogP contribution is -2.04. The maximum Gasteiger partial charge on any atom is 0.269 e. The number of hydrogen-bond donors (Lipinski definition) is 1. The van der Waals surface area contributed by atoms with Gasteiger partial charge in [0.1, 0.15) is 5.82 Å². The normalized spacial score (nSPS) is 13.5. The Morgan fingerprint density at radius 3 is 2.89 bits per heavy atom. The van der Waals surface area contributed by atoms with Crippen molar-refractivity contribution in [1.82, 2.24) is 9.78 Å². The summed E-state index contributed by atoms with van der Waals surface area (Å²) >= 11 is 0. The highest BCUT2D eigenvalue weighted by Crippen LogP contribution is 2.30. The number of nitrogens with two attached hydrogens (primary N) is 1. The molecule has 19 heavy (non-hydrogen) atoms. The summed E-state index contributed by atoms with van der Waals surface area (Å²) in [6, 6.07) is 4.80. The van der Waals surface area contributed by atoms with Crippen molar-refractivity contribution in [2.75, 3.05) is 5.73 Å². The number of fused-ring (bicyclic) bond motifs is 1. The van der Waals surface area contributed by atoms with Crippen LogP contribution in [0.15, 0.2) is 18.2 Å². The van der Waals surface area contributed by atoms with Crippen LogP contribution in [0.3, 0.4) is 0 Å². The molecule has 6 nitrogen and oxygen atoms in total. The minimum absolute atomic E-state index is 0.0954. The predicted molar refractivity (Wildman–Crippen MR) is 71.4 cm³/mol. The number of nitrogens with zero attached hydrogens (tertiary/aromatic N) is 3. The molecule has 0 saturated carbocycles. The van der Waals surface area contributed by atoms with Gasteiger partial charge in [0.05, 0.1) is 10.6 Å². The number of anilines is 1. The zero-order valence-electron chi connectivity index (χ0n) is 10.6. The van der Waals surface area contributed by atoms with E-state index < -0.39 is 4.92 Å². The molecule has 98 valence electrons. The number of nitro groups is 1. The molecule has 1 aromatic carbocycles. The van der Waals surface area contributed by atoms with E-state index in [4.69, 9.17) is 5.73 Å². The summed E-state index contributed by atoms with van der Waals surface area (Å²) in [5, 5.41) is 15.1. The molecule has 0 amide bonds. The molecule has 0 atom stereocenters. The summed E-state index contributed by atoms with van der Waals surface area (Å²) in [6.45, 7) is 1.85. The van der Waals surface area contributed by atoms with Crippen molar-refractivity contribution in [2.45, 2.75) is 26.2 Å². The largest absolute Gasteiger partial charge is 0.382 e. The minimum atomic E-state index is -0.390. The van der Waals surface area contributed by atoms with Crippen LogP contribution >= 0.6 is 0 Å². The van der Waals surface area contributed by atoms with Gasteiger partial charge in [0.25, 0.3) is 5.69 Å². The van der Waals surface area contributed by atoms with Gasteiger partial charge in [0.15, 0.2) is 0 Å². The SMILES string of the molecule is Cc1cc([N+](=O)[O-])ccc1-n1nc(N)c2c1CCC2. The van der Waals surface area contributed by atoms with E-state index in [2.05, 4.69) is 5.10 Å². The Hall–Kier alpha value is -2.37. The lowest BCUT2D eigenvalue weighted by molar-refractivity contribution is -0.384. The highest BCUT2D eigenvalue weighted by atomic mass is 16.6. The van der Waals surface area contributed by atoms with Gasteiger partial charge in [-0.2, -0.15) is 5.10 Å². The Balaban J connectivity index is 2.13. The quantitative estimate of drug-likeness (QED) is 0.660. The van der Waals surface area contributed by atoms with Crippen LogP contribution in [0.4, 0.5) is 11.5 Å². The molecule has 0 aliphatic heterocycles. The van der Waals surface area contributed by atoms with Crippen molar-refractivity contribution in [3.63, 3.8) is 0 Å². The van der Waals surface area contributed by atoms with Gasteiger partial charge in [-0.15, -0.1) is 0 Å². The Morgan fingerprint density at radius 2 is 2.21 bits per heavy atom. The minimum Gasteiger partial charge on any atom is -0.382 e. The van der Waals surface area contributed by atoms with Crippen molar-refractivity contribution in [2.24, 2.45) is 0 Å². The van der Waals surface area contributed by atoms with Crippen molar-refractivity contribution in [1.29, 1.82) is 0 Å². The van der Waals surface area contributed by atoms with E-state index in [1.165, 1.54) is 6.07 Å². The third kappa shape index (κ3) is 1.76. The van der Waals surface area contributed by atoms with Crippen LogP contribution in [0.2, 0.25) is 0 Å². The summed E-state index contributed by atoms with van der Waals surface area (Å²) < 4.78 is 1.83. The van der Waals surface area contributed by atoms with Crippen LogP contribution in [-0.4, -0.2) is 14.7 Å². The Labute approximate surface area is 110 Å². The number of hydrogen-bond acceptors (Lipinski definition) is 4. The van der Waals surface area contributed by atoms with Crippen LogP contribution < -0.4 is 5.73 Å². The predicted octanol–water partition coefficient (Wildman–Crippen LogP) is 2.16. The molecule has 0 saturated heterocycles. The molecule has 0 fully saturated rings. The molecule has 1 aliphatic carbocycles. The van der Waals surface area contributed by atoms with Gasteiger partial charge in [-0.25, -0.2) is 4.68 Å². The molecular weight excluding hydrogens is 244 g/mol. The topological polar surface area (TPSA) is 87.0 Å². The van der Waals surface area contributed by atoms with Crippen molar-refractivity contribution < 1.29 is 4.92 Å². The summed E-state index contributed by atoms with van der Waals surface area (Å²) in [5.74, 6) is 0.574. The maximum absolute atomic E-state index is 10.8. The number of nitrogen functional groups attached to an aromatic ring is 1. The fourth-order valence-corrected chi connectivity index (χ4v) is 2.66. The van der Waals surface area contributed by atoms with Crippen LogP contribution in [0.25, 0.3) is 5.69 Å². The molecule has 2 aromatic rings. The van der Waals surface area contributed by atoms with E-state index in [-0.39, 0.29) is 5.69 Å².